The number of primary amides is 1. The van der Waals surface area contributed by atoms with E-state index in [0.29, 0.717) is 12.2 Å². The zero-order valence-electron chi connectivity index (χ0n) is 13.0. The molecule has 23 heavy (non-hydrogen) atoms. The van der Waals surface area contributed by atoms with Gasteiger partial charge in [0.25, 0.3) is 5.91 Å². The topological polar surface area (TPSA) is 99.2 Å². The fraction of sp³-hybridized carbons (Fsp3) is 0.312. The maximum atomic E-state index is 12.0. The van der Waals surface area contributed by atoms with Gasteiger partial charge in [-0.25, -0.2) is 0 Å². The summed E-state index contributed by atoms with van der Waals surface area (Å²) in [7, 11) is 1.81. The number of nitrogens with zero attached hydrogens (tertiary/aromatic N) is 2. The lowest BCUT2D eigenvalue weighted by atomic mass is 9.86. The Morgan fingerprint density at radius 2 is 2.30 bits per heavy atom. The van der Waals surface area contributed by atoms with E-state index in [1.165, 1.54) is 0 Å². The molecule has 3 rings (SSSR count). The molecule has 2 aromatic rings. The van der Waals surface area contributed by atoms with Gasteiger partial charge in [-0.2, -0.15) is 5.10 Å². The Labute approximate surface area is 133 Å². The number of fused-ring (bicyclic) bond motifs is 1. The maximum absolute atomic E-state index is 12.0. The second-order valence-electron chi connectivity index (χ2n) is 5.60. The summed E-state index contributed by atoms with van der Waals surface area (Å²) in [6.45, 7) is 1.75. The van der Waals surface area contributed by atoms with Crippen LogP contribution in [0, 0.1) is 6.92 Å². The fourth-order valence-electron chi connectivity index (χ4n) is 2.97. The molecular weight excluding hydrogens is 296 g/mol. The van der Waals surface area contributed by atoms with Gasteiger partial charge < -0.3 is 15.8 Å². The maximum Gasteiger partial charge on any atom is 0.255 e. The normalized spacial score (nSPS) is 16.6. The van der Waals surface area contributed by atoms with E-state index in [0.717, 1.165) is 22.6 Å². The van der Waals surface area contributed by atoms with Crippen molar-refractivity contribution in [3.63, 3.8) is 0 Å². The number of aromatic nitrogens is 2. The van der Waals surface area contributed by atoms with E-state index in [1.807, 2.05) is 25.1 Å². The summed E-state index contributed by atoms with van der Waals surface area (Å²) < 4.78 is 7.04. The van der Waals surface area contributed by atoms with Crippen molar-refractivity contribution in [1.82, 2.24) is 9.78 Å². The standard InChI is InChI=1S/C16H18N4O3/c1-9-15-12(7-14(22)18-16(15)20(2)19-9)10-4-3-5-11(6-10)23-8-13(17)21/h3-6,12H,7-8H2,1-2H3,(H2,17,21)(H,18,22)/t12-/m0/s1. The average Bonchev–Trinajstić information content (AvgIpc) is 2.79. The Kier molecular flexibility index (Phi) is 3.77. The van der Waals surface area contributed by atoms with Crippen molar-refractivity contribution < 1.29 is 14.3 Å². The van der Waals surface area contributed by atoms with Crippen LogP contribution >= 0.6 is 0 Å². The van der Waals surface area contributed by atoms with E-state index in [2.05, 4.69) is 10.4 Å². The average molecular weight is 314 g/mol. The van der Waals surface area contributed by atoms with Gasteiger partial charge in [0.15, 0.2) is 6.61 Å². The molecule has 1 aromatic carbocycles. The molecule has 1 atom stereocenters. The minimum Gasteiger partial charge on any atom is -0.484 e. The molecule has 2 amide bonds. The highest BCUT2D eigenvalue weighted by atomic mass is 16.5. The summed E-state index contributed by atoms with van der Waals surface area (Å²) in [5, 5.41) is 7.27. The first-order chi connectivity index (χ1) is 11.0. The van der Waals surface area contributed by atoms with E-state index in [-0.39, 0.29) is 18.4 Å². The quantitative estimate of drug-likeness (QED) is 0.881. The monoisotopic (exact) mass is 314 g/mol. The van der Waals surface area contributed by atoms with Crippen LogP contribution in [0.2, 0.25) is 0 Å². The first-order valence-corrected chi connectivity index (χ1v) is 7.30. The number of rotatable bonds is 4. The van der Waals surface area contributed by atoms with Crippen molar-refractivity contribution in [3.8, 4) is 5.75 Å². The van der Waals surface area contributed by atoms with Gasteiger partial charge in [-0.05, 0) is 24.6 Å². The van der Waals surface area contributed by atoms with E-state index < -0.39 is 5.91 Å². The van der Waals surface area contributed by atoms with Crippen molar-refractivity contribution in [1.29, 1.82) is 0 Å². The number of benzene rings is 1. The number of nitrogens with two attached hydrogens (primary N) is 1. The second-order valence-corrected chi connectivity index (χ2v) is 5.60. The first kappa shape index (κ1) is 15.1. The van der Waals surface area contributed by atoms with Crippen molar-refractivity contribution in [2.45, 2.75) is 19.3 Å². The molecule has 0 spiro atoms. The highest BCUT2D eigenvalue weighted by molar-refractivity contribution is 5.94. The first-order valence-electron chi connectivity index (χ1n) is 7.30. The van der Waals surface area contributed by atoms with Crippen molar-refractivity contribution >= 4 is 17.6 Å². The molecule has 3 N–H and O–H groups in total. The number of aryl methyl sites for hydroxylation is 2. The van der Waals surface area contributed by atoms with Gasteiger partial charge in [-0.1, -0.05) is 12.1 Å². The number of anilines is 1. The third-order valence-corrected chi connectivity index (χ3v) is 3.91. The van der Waals surface area contributed by atoms with E-state index >= 15 is 0 Å². The molecule has 1 aromatic heterocycles. The van der Waals surface area contributed by atoms with Gasteiger partial charge in [0.2, 0.25) is 5.91 Å². The molecule has 7 nitrogen and oxygen atoms in total. The molecule has 1 aliphatic rings. The van der Waals surface area contributed by atoms with Crippen LogP contribution in [0.15, 0.2) is 24.3 Å². The summed E-state index contributed by atoms with van der Waals surface area (Å²) >= 11 is 0. The summed E-state index contributed by atoms with van der Waals surface area (Å²) in [4.78, 5) is 22.9. The number of nitrogens with one attached hydrogen (secondary N) is 1. The van der Waals surface area contributed by atoms with Crippen LogP contribution in [0.4, 0.5) is 5.82 Å². The van der Waals surface area contributed by atoms with Crippen LogP contribution in [0.5, 0.6) is 5.75 Å². The SMILES string of the molecule is Cc1nn(C)c2c1[C@H](c1cccc(OCC(N)=O)c1)CC(=O)N2. The molecule has 0 unspecified atom stereocenters. The minimum atomic E-state index is -0.530. The Hall–Kier alpha value is -2.83. The number of carbonyl (C=O) groups excluding carboxylic acids is 2. The van der Waals surface area contributed by atoms with Gasteiger partial charge in [0, 0.05) is 24.9 Å². The second kappa shape index (κ2) is 5.75. The Balaban J connectivity index is 1.97. The van der Waals surface area contributed by atoms with Crippen LogP contribution in [0.25, 0.3) is 0 Å². The lowest BCUT2D eigenvalue weighted by Gasteiger charge is -2.24. The predicted octanol–water partition coefficient (Wildman–Crippen LogP) is 1.07. The van der Waals surface area contributed by atoms with Crippen LogP contribution in [-0.2, 0) is 16.6 Å². The highest BCUT2D eigenvalue weighted by Crippen LogP contribution is 2.39. The molecule has 2 heterocycles. The van der Waals surface area contributed by atoms with Crippen molar-refractivity contribution in [2.75, 3.05) is 11.9 Å². The molecule has 0 fully saturated rings. The molecule has 120 valence electrons. The van der Waals surface area contributed by atoms with Gasteiger partial charge >= 0.3 is 0 Å². The third-order valence-electron chi connectivity index (χ3n) is 3.91. The minimum absolute atomic E-state index is 0.0473. The summed E-state index contributed by atoms with van der Waals surface area (Å²) in [5.74, 6) is 0.610. The molecule has 1 aliphatic heterocycles. The van der Waals surface area contributed by atoms with Gasteiger partial charge in [-0.15, -0.1) is 0 Å². The fourth-order valence-corrected chi connectivity index (χ4v) is 2.97. The number of ether oxygens (including phenoxy) is 1. The molecule has 7 heteroatoms. The number of hydrogen-bond acceptors (Lipinski definition) is 4. The lowest BCUT2D eigenvalue weighted by molar-refractivity contribution is -0.120. The molecule has 0 radical (unpaired) electrons. The third kappa shape index (κ3) is 2.90. The Morgan fingerprint density at radius 3 is 3.04 bits per heavy atom. The summed E-state index contributed by atoms with van der Waals surface area (Å²) in [6.07, 6.45) is 0.346. The number of hydrogen-bond donors (Lipinski definition) is 2. The summed E-state index contributed by atoms with van der Waals surface area (Å²) in [6, 6.07) is 7.37. The van der Waals surface area contributed by atoms with Crippen LogP contribution < -0.4 is 15.8 Å². The van der Waals surface area contributed by atoms with Gasteiger partial charge in [0.1, 0.15) is 11.6 Å². The predicted molar refractivity (Wildman–Crippen MR) is 84.2 cm³/mol. The van der Waals surface area contributed by atoms with Crippen LogP contribution in [-0.4, -0.2) is 28.2 Å². The van der Waals surface area contributed by atoms with E-state index in [1.54, 1.807) is 17.8 Å². The highest BCUT2D eigenvalue weighted by Gasteiger charge is 2.31. The number of amides is 2. The molecule has 0 saturated heterocycles. The summed E-state index contributed by atoms with van der Waals surface area (Å²) in [5.41, 5.74) is 7.94. The van der Waals surface area contributed by atoms with Crippen molar-refractivity contribution in [3.05, 3.63) is 41.1 Å². The van der Waals surface area contributed by atoms with Crippen LogP contribution in [0.3, 0.4) is 0 Å². The van der Waals surface area contributed by atoms with E-state index in [4.69, 9.17) is 10.5 Å². The lowest BCUT2D eigenvalue weighted by Crippen LogP contribution is -2.24. The van der Waals surface area contributed by atoms with Gasteiger partial charge in [-0.3, -0.25) is 14.3 Å². The molecular formula is C16H18N4O3. The van der Waals surface area contributed by atoms with Gasteiger partial charge in [0.05, 0.1) is 5.69 Å². The largest absolute Gasteiger partial charge is 0.484 e. The van der Waals surface area contributed by atoms with Crippen LogP contribution in [0.1, 0.15) is 29.2 Å². The Morgan fingerprint density at radius 1 is 1.52 bits per heavy atom. The number of carbonyl (C=O) groups is 2. The Bertz CT molecular complexity index is 782. The smallest absolute Gasteiger partial charge is 0.255 e. The van der Waals surface area contributed by atoms with Crippen molar-refractivity contribution in [2.24, 2.45) is 12.8 Å². The van der Waals surface area contributed by atoms with E-state index in [9.17, 15) is 9.59 Å². The molecule has 0 aliphatic carbocycles. The molecule has 0 saturated carbocycles. The molecule has 0 bridgehead atoms. The zero-order chi connectivity index (χ0) is 16.6. The zero-order valence-corrected chi connectivity index (χ0v) is 13.0.